The van der Waals surface area contributed by atoms with Crippen molar-refractivity contribution in [3.8, 4) is 0 Å². The molecule has 18 heavy (non-hydrogen) atoms. The van der Waals surface area contributed by atoms with E-state index in [4.69, 9.17) is 5.11 Å². The van der Waals surface area contributed by atoms with Crippen LogP contribution in [0, 0.1) is 0 Å². The molecule has 2 aromatic carbocycles. The first kappa shape index (κ1) is 12.4. The fourth-order valence-electron chi connectivity index (χ4n) is 2.21. The van der Waals surface area contributed by atoms with Crippen molar-refractivity contribution in [2.24, 2.45) is 0 Å². The third-order valence-corrected chi connectivity index (χ3v) is 3.20. The van der Waals surface area contributed by atoms with E-state index in [0.717, 1.165) is 5.56 Å². The lowest BCUT2D eigenvalue weighted by Crippen LogP contribution is -2.35. The van der Waals surface area contributed by atoms with Crippen molar-refractivity contribution in [3.63, 3.8) is 0 Å². The second kappa shape index (κ2) is 4.69. The first-order valence-corrected chi connectivity index (χ1v) is 5.96. The van der Waals surface area contributed by atoms with Gasteiger partial charge in [0.05, 0.1) is 0 Å². The Morgan fingerprint density at radius 3 is 2.56 bits per heavy atom. The van der Waals surface area contributed by atoms with E-state index < -0.39 is 6.09 Å². The molecule has 0 fully saturated rings. The molecule has 3 nitrogen and oxygen atoms in total. The number of hydrogen-bond donors (Lipinski definition) is 2. The summed E-state index contributed by atoms with van der Waals surface area (Å²) in [6, 6.07) is 14.3. The van der Waals surface area contributed by atoms with E-state index in [1.165, 1.54) is 10.8 Å². The fraction of sp³-hybridized carbons (Fsp3) is 0.267. The quantitative estimate of drug-likeness (QED) is 0.868. The maximum absolute atomic E-state index is 10.6. The molecule has 0 unspecified atom stereocenters. The van der Waals surface area contributed by atoms with E-state index in [-0.39, 0.29) is 5.41 Å². The van der Waals surface area contributed by atoms with E-state index in [0.29, 0.717) is 6.54 Å². The van der Waals surface area contributed by atoms with Crippen molar-refractivity contribution >= 4 is 16.9 Å². The van der Waals surface area contributed by atoms with E-state index >= 15 is 0 Å². The highest BCUT2D eigenvalue weighted by Gasteiger charge is 2.23. The lowest BCUT2D eigenvalue weighted by Gasteiger charge is -2.26. The van der Waals surface area contributed by atoms with Crippen LogP contribution in [0.5, 0.6) is 0 Å². The Hall–Kier alpha value is -2.03. The Balaban J connectivity index is 2.43. The van der Waals surface area contributed by atoms with Crippen molar-refractivity contribution in [3.05, 3.63) is 48.0 Å². The summed E-state index contributed by atoms with van der Waals surface area (Å²) >= 11 is 0. The van der Waals surface area contributed by atoms with E-state index in [1.54, 1.807) is 0 Å². The van der Waals surface area contributed by atoms with Crippen molar-refractivity contribution in [1.29, 1.82) is 0 Å². The van der Waals surface area contributed by atoms with Crippen LogP contribution in [0.1, 0.15) is 19.4 Å². The molecule has 0 bridgehead atoms. The van der Waals surface area contributed by atoms with Crippen LogP contribution in [-0.4, -0.2) is 17.7 Å². The minimum Gasteiger partial charge on any atom is -0.465 e. The molecular weight excluding hydrogens is 226 g/mol. The number of carboxylic acid groups (broad SMARTS) is 1. The molecule has 2 aromatic rings. The zero-order chi connectivity index (χ0) is 13.2. The first-order chi connectivity index (χ1) is 8.50. The highest BCUT2D eigenvalue weighted by atomic mass is 16.4. The molecule has 0 spiro atoms. The summed E-state index contributed by atoms with van der Waals surface area (Å²) in [5, 5.41) is 13.5. The minimum atomic E-state index is -0.983. The number of hydrogen-bond acceptors (Lipinski definition) is 1. The molecule has 0 aliphatic rings. The van der Waals surface area contributed by atoms with Gasteiger partial charge in [-0.15, -0.1) is 0 Å². The number of nitrogens with one attached hydrogen (secondary N) is 1. The van der Waals surface area contributed by atoms with Crippen LogP contribution in [0.2, 0.25) is 0 Å². The van der Waals surface area contributed by atoms with Crippen molar-refractivity contribution in [1.82, 2.24) is 5.32 Å². The van der Waals surface area contributed by atoms with Crippen LogP contribution in [-0.2, 0) is 5.41 Å². The van der Waals surface area contributed by atoms with Crippen LogP contribution in [0.4, 0.5) is 4.79 Å². The Bertz CT molecular complexity index is 570. The van der Waals surface area contributed by atoms with Crippen LogP contribution in [0.15, 0.2) is 42.5 Å². The van der Waals surface area contributed by atoms with Gasteiger partial charge in [0, 0.05) is 12.0 Å². The highest BCUT2D eigenvalue weighted by Crippen LogP contribution is 2.29. The number of benzene rings is 2. The van der Waals surface area contributed by atoms with Gasteiger partial charge in [-0.05, 0) is 16.3 Å². The molecule has 0 aromatic heterocycles. The van der Waals surface area contributed by atoms with Gasteiger partial charge in [-0.2, -0.15) is 0 Å². The number of amides is 1. The summed E-state index contributed by atoms with van der Waals surface area (Å²) in [5.74, 6) is 0. The average molecular weight is 243 g/mol. The molecular formula is C15H17NO2. The van der Waals surface area contributed by atoms with E-state index in [2.05, 4.69) is 29.6 Å². The van der Waals surface area contributed by atoms with Gasteiger partial charge in [-0.1, -0.05) is 56.3 Å². The third-order valence-electron chi connectivity index (χ3n) is 3.20. The van der Waals surface area contributed by atoms with Crippen molar-refractivity contribution in [2.45, 2.75) is 19.3 Å². The molecule has 94 valence electrons. The lowest BCUT2D eigenvalue weighted by molar-refractivity contribution is 0.192. The Kier molecular flexibility index (Phi) is 3.24. The molecule has 2 N–H and O–H groups in total. The molecule has 1 amide bonds. The van der Waals surface area contributed by atoms with Crippen molar-refractivity contribution < 1.29 is 9.90 Å². The monoisotopic (exact) mass is 243 g/mol. The van der Waals surface area contributed by atoms with Gasteiger partial charge < -0.3 is 10.4 Å². The van der Waals surface area contributed by atoms with Crippen LogP contribution >= 0.6 is 0 Å². The summed E-state index contributed by atoms with van der Waals surface area (Å²) in [6.45, 7) is 4.49. The number of fused-ring (bicyclic) bond motifs is 1. The molecule has 0 aliphatic heterocycles. The summed E-state index contributed by atoms with van der Waals surface area (Å²) in [6.07, 6.45) is -0.983. The minimum absolute atomic E-state index is 0.237. The van der Waals surface area contributed by atoms with E-state index in [9.17, 15) is 4.79 Å². The van der Waals surface area contributed by atoms with Gasteiger partial charge in [-0.25, -0.2) is 4.79 Å². The molecule has 0 aliphatic carbocycles. The molecule has 0 heterocycles. The number of rotatable bonds is 3. The first-order valence-electron chi connectivity index (χ1n) is 5.96. The van der Waals surface area contributed by atoms with Crippen LogP contribution < -0.4 is 5.32 Å². The fourth-order valence-corrected chi connectivity index (χ4v) is 2.21. The summed E-state index contributed by atoms with van der Waals surface area (Å²) in [4.78, 5) is 10.6. The second-order valence-electron chi connectivity index (χ2n) is 5.07. The van der Waals surface area contributed by atoms with Gasteiger partial charge in [0.1, 0.15) is 0 Å². The molecule has 0 saturated carbocycles. The Morgan fingerprint density at radius 1 is 1.17 bits per heavy atom. The number of carbonyl (C=O) groups is 1. The molecule has 2 rings (SSSR count). The topological polar surface area (TPSA) is 49.3 Å². The predicted octanol–water partition coefficient (Wildman–Crippen LogP) is 3.39. The molecule has 0 atom stereocenters. The van der Waals surface area contributed by atoms with Crippen LogP contribution in [0.3, 0.4) is 0 Å². The van der Waals surface area contributed by atoms with E-state index in [1.807, 2.05) is 32.0 Å². The van der Waals surface area contributed by atoms with Gasteiger partial charge in [0.25, 0.3) is 0 Å². The summed E-state index contributed by atoms with van der Waals surface area (Å²) in [5.41, 5.74) is 0.925. The molecule has 0 radical (unpaired) electrons. The second-order valence-corrected chi connectivity index (χ2v) is 5.07. The van der Waals surface area contributed by atoms with Gasteiger partial charge >= 0.3 is 6.09 Å². The maximum atomic E-state index is 10.6. The van der Waals surface area contributed by atoms with Gasteiger partial charge in [-0.3, -0.25) is 0 Å². The largest absolute Gasteiger partial charge is 0.465 e. The highest BCUT2D eigenvalue weighted by molar-refractivity contribution is 5.86. The SMILES string of the molecule is CC(C)(CNC(=O)O)c1cccc2ccccc12. The maximum Gasteiger partial charge on any atom is 0.404 e. The Labute approximate surface area is 106 Å². The van der Waals surface area contributed by atoms with Gasteiger partial charge in [0.15, 0.2) is 0 Å². The zero-order valence-corrected chi connectivity index (χ0v) is 10.6. The normalized spacial score (nSPS) is 11.4. The predicted molar refractivity (Wildman–Crippen MR) is 73.0 cm³/mol. The zero-order valence-electron chi connectivity index (χ0n) is 10.6. The summed E-state index contributed by atoms with van der Waals surface area (Å²) in [7, 11) is 0. The van der Waals surface area contributed by atoms with Gasteiger partial charge in [0.2, 0.25) is 0 Å². The van der Waals surface area contributed by atoms with Crippen LogP contribution in [0.25, 0.3) is 10.8 Å². The summed E-state index contributed by atoms with van der Waals surface area (Å²) < 4.78 is 0. The Morgan fingerprint density at radius 2 is 1.83 bits per heavy atom. The lowest BCUT2D eigenvalue weighted by atomic mass is 9.81. The molecule has 0 saturated heterocycles. The van der Waals surface area contributed by atoms with Crippen molar-refractivity contribution in [2.75, 3.05) is 6.54 Å². The standard InChI is InChI=1S/C15H17NO2/c1-15(2,10-16-14(17)18)13-9-5-7-11-6-3-4-8-12(11)13/h3-9,16H,10H2,1-2H3,(H,17,18). The smallest absolute Gasteiger partial charge is 0.404 e. The third kappa shape index (κ3) is 2.45. The average Bonchev–Trinajstić information content (AvgIpc) is 2.36. The molecule has 3 heteroatoms.